The summed E-state index contributed by atoms with van der Waals surface area (Å²) in [7, 11) is 0. The van der Waals surface area contributed by atoms with Crippen molar-refractivity contribution in [2.75, 3.05) is 6.54 Å². The van der Waals surface area contributed by atoms with Crippen LogP contribution in [-0.2, 0) is 4.79 Å². The minimum absolute atomic E-state index is 0.0156. The van der Waals surface area contributed by atoms with Crippen molar-refractivity contribution in [3.8, 4) is 5.69 Å². The first-order valence-corrected chi connectivity index (χ1v) is 8.49. The minimum Gasteiger partial charge on any atom is -0.465 e. The second kappa shape index (κ2) is 7.87. The van der Waals surface area contributed by atoms with Crippen molar-refractivity contribution in [1.82, 2.24) is 25.4 Å². The zero-order valence-corrected chi connectivity index (χ0v) is 14.7. The highest BCUT2D eigenvalue weighted by Crippen LogP contribution is 2.30. The predicted octanol–water partition coefficient (Wildman–Crippen LogP) is 2.69. The van der Waals surface area contributed by atoms with Crippen molar-refractivity contribution in [3.63, 3.8) is 0 Å². The highest BCUT2D eigenvalue weighted by molar-refractivity contribution is 6.32. The fourth-order valence-corrected chi connectivity index (χ4v) is 2.78. The van der Waals surface area contributed by atoms with Crippen molar-refractivity contribution in [3.05, 3.63) is 40.9 Å². The van der Waals surface area contributed by atoms with E-state index in [1.54, 1.807) is 6.07 Å². The van der Waals surface area contributed by atoms with Crippen LogP contribution >= 0.6 is 11.6 Å². The highest BCUT2D eigenvalue weighted by Gasteiger charge is 2.30. The van der Waals surface area contributed by atoms with Gasteiger partial charge in [0.05, 0.1) is 16.8 Å². The van der Waals surface area contributed by atoms with Gasteiger partial charge >= 0.3 is 6.09 Å². The average Bonchev–Trinajstić information content (AvgIpc) is 3.35. The molecule has 0 saturated heterocycles. The van der Waals surface area contributed by atoms with E-state index in [2.05, 4.69) is 20.7 Å². The molecule has 0 spiro atoms. The van der Waals surface area contributed by atoms with Crippen LogP contribution < -0.4 is 10.6 Å². The van der Waals surface area contributed by atoms with Gasteiger partial charge in [-0.15, -0.1) is 0 Å². The summed E-state index contributed by atoms with van der Waals surface area (Å²) >= 11 is 6.11. The summed E-state index contributed by atoms with van der Waals surface area (Å²) < 4.78 is 27.1. The number of carbonyl (C=O) groups excluding carboxylic acids is 1. The Balaban J connectivity index is 1.89. The van der Waals surface area contributed by atoms with Gasteiger partial charge in [-0.2, -0.15) is 5.10 Å². The Morgan fingerprint density at radius 1 is 1.37 bits per heavy atom. The third kappa shape index (κ3) is 4.51. The number of hydrogen-bond acceptors (Lipinski definition) is 4. The van der Waals surface area contributed by atoms with E-state index in [1.807, 2.05) is 0 Å². The summed E-state index contributed by atoms with van der Waals surface area (Å²) in [5, 5.41) is 18.0. The third-order valence-corrected chi connectivity index (χ3v) is 4.42. The van der Waals surface area contributed by atoms with E-state index in [9.17, 15) is 18.4 Å². The van der Waals surface area contributed by atoms with Gasteiger partial charge in [-0.05, 0) is 30.5 Å². The summed E-state index contributed by atoms with van der Waals surface area (Å²) in [5.74, 6) is -0.753. The molecule has 1 aromatic carbocycles. The second-order valence-electron chi connectivity index (χ2n) is 6.06. The number of benzene rings is 1. The Morgan fingerprint density at radius 3 is 2.74 bits per heavy atom. The van der Waals surface area contributed by atoms with Crippen LogP contribution in [0.25, 0.3) is 5.69 Å². The number of halogens is 3. The molecule has 0 unspecified atom stereocenters. The van der Waals surface area contributed by atoms with Crippen LogP contribution in [-0.4, -0.2) is 38.4 Å². The number of nitrogens with one attached hydrogen (secondary N) is 2. The molecule has 0 bridgehead atoms. The zero-order valence-electron chi connectivity index (χ0n) is 13.9. The van der Waals surface area contributed by atoms with Gasteiger partial charge < -0.3 is 15.7 Å². The Kier molecular flexibility index (Phi) is 5.54. The molecule has 11 heteroatoms. The van der Waals surface area contributed by atoms with Crippen LogP contribution in [0.5, 0.6) is 0 Å². The van der Waals surface area contributed by atoms with E-state index in [4.69, 9.17) is 16.7 Å². The maximum Gasteiger partial charge on any atom is 0.405 e. The number of alkyl halides is 2. The SMILES string of the molecule is O=C(O)N[C@H](CNC(=O)C1CC1)c1ccc(Cl)c(-n2ncnc2C(F)F)c1. The van der Waals surface area contributed by atoms with Crippen molar-refractivity contribution in [2.24, 2.45) is 5.92 Å². The molecule has 0 radical (unpaired) electrons. The van der Waals surface area contributed by atoms with Gasteiger partial charge in [0.15, 0.2) is 5.82 Å². The van der Waals surface area contributed by atoms with Crippen molar-refractivity contribution in [2.45, 2.75) is 25.3 Å². The van der Waals surface area contributed by atoms with Crippen LogP contribution in [0.15, 0.2) is 24.5 Å². The van der Waals surface area contributed by atoms with Crippen LogP contribution in [0.3, 0.4) is 0 Å². The predicted molar refractivity (Wildman–Crippen MR) is 91.0 cm³/mol. The number of carboxylic acid groups (broad SMARTS) is 1. The highest BCUT2D eigenvalue weighted by atomic mass is 35.5. The molecule has 1 atom stereocenters. The summed E-state index contributed by atoms with van der Waals surface area (Å²) in [6.07, 6.45) is -1.54. The van der Waals surface area contributed by atoms with Crippen LogP contribution in [0, 0.1) is 5.92 Å². The smallest absolute Gasteiger partial charge is 0.405 e. The molecule has 2 aromatic rings. The van der Waals surface area contributed by atoms with Crippen LogP contribution in [0.2, 0.25) is 5.02 Å². The van der Waals surface area contributed by atoms with Gasteiger partial charge in [-0.3, -0.25) is 4.79 Å². The monoisotopic (exact) mass is 399 g/mol. The van der Waals surface area contributed by atoms with Gasteiger partial charge in [0.1, 0.15) is 6.33 Å². The van der Waals surface area contributed by atoms with Crippen LogP contribution in [0.4, 0.5) is 13.6 Å². The molecule has 3 N–H and O–H groups in total. The van der Waals surface area contributed by atoms with E-state index >= 15 is 0 Å². The van der Waals surface area contributed by atoms with Crippen molar-refractivity contribution < 1.29 is 23.5 Å². The molecule has 8 nitrogen and oxygen atoms in total. The van der Waals surface area contributed by atoms with Crippen molar-refractivity contribution in [1.29, 1.82) is 0 Å². The van der Waals surface area contributed by atoms with Crippen LogP contribution in [0.1, 0.15) is 36.7 Å². The average molecular weight is 400 g/mol. The molecule has 27 heavy (non-hydrogen) atoms. The minimum atomic E-state index is -2.86. The molecule has 3 rings (SSSR count). The Hall–Kier alpha value is -2.75. The zero-order chi connectivity index (χ0) is 19.6. The van der Waals surface area contributed by atoms with Gasteiger partial charge in [-0.25, -0.2) is 23.2 Å². The standard InChI is InChI=1S/C16H16ClF2N5O3/c17-10-4-3-9(5-12(10)24-14(13(18)19)21-7-22-24)11(23-16(26)27)6-20-15(25)8-1-2-8/h3-5,7-8,11,13,23H,1-2,6H2,(H,20,25)(H,26,27)/t11-/m1/s1. The van der Waals surface area contributed by atoms with E-state index in [0.29, 0.717) is 5.56 Å². The lowest BCUT2D eigenvalue weighted by Gasteiger charge is -2.19. The lowest BCUT2D eigenvalue weighted by Crippen LogP contribution is -2.37. The molecular formula is C16H16ClF2N5O3. The third-order valence-electron chi connectivity index (χ3n) is 4.10. The number of hydrogen-bond donors (Lipinski definition) is 3. The van der Waals surface area contributed by atoms with Gasteiger partial charge in [0, 0.05) is 12.5 Å². The molecule has 1 heterocycles. The quantitative estimate of drug-likeness (QED) is 0.663. The fourth-order valence-electron chi connectivity index (χ4n) is 2.59. The Labute approximate surface area is 157 Å². The van der Waals surface area contributed by atoms with E-state index in [-0.39, 0.29) is 29.1 Å². The van der Waals surface area contributed by atoms with E-state index < -0.39 is 24.4 Å². The van der Waals surface area contributed by atoms with E-state index in [1.165, 1.54) is 12.1 Å². The number of rotatable bonds is 7. The molecule has 0 aliphatic heterocycles. The number of aromatic nitrogens is 3. The molecule has 1 saturated carbocycles. The number of nitrogens with zero attached hydrogens (tertiary/aromatic N) is 3. The van der Waals surface area contributed by atoms with Gasteiger partial charge in [0.2, 0.25) is 5.91 Å². The van der Waals surface area contributed by atoms with Gasteiger partial charge in [-0.1, -0.05) is 17.7 Å². The van der Waals surface area contributed by atoms with Crippen molar-refractivity contribution >= 4 is 23.6 Å². The normalized spacial score (nSPS) is 14.8. The van der Waals surface area contributed by atoms with Gasteiger partial charge in [0.25, 0.3) is 6.43 Å². The first kappa shape index (κ1) is 19.0. The number of carbonyl (C=O) groups is 2. The molecule has 1 aliphatic rings. The fraction of sp³-hybridized carbons (Fsp3) is 0.375. The molecule has 1 aliphatic carbocycles. The molecule has 2 amide bonds. The van der Waals surface area contributed by atoms with E-state index in [0.717, 1.165) is 23.9 Å². The molecule has 1 fully saturated rings. The second-order valence-corrected chi connectivity index (χ2v) is 6.47. The topological polar surface area (TPSA) is 109 Å². The summed E-state index contributed by atoms with van der Waals surface area (Å²) in [5.41, 5.74) is 0.566. The lowest BCUT2D eigenvalue weighted by molar-refractivity contribution is -0.122. The Bertz CT molecular complexity index is 856. The summed E-state index contributed by atoms with van der Waals surface area (Å²) in [4.78, 5) is 26.5. The lowest BCUT2D eigenvalue weighted by atomic mass is 10.1. The summed E-state index contributed by atoms with van der Waals surface area (Å²) in [6, 6.07) is 3.64. The number of amides is 2. The first-order chi connectivity index (χ1) is 12.9. The Morgan fingerprint density at radius 2 is 2.11 bits per heavy atom. The maximum atomic E-state index is 13.1. The maximum absolute atomic E-state index is 13.1. The molecular weight excluding hydrogens is 384 g/mol. The molecule has 144 valence electrons. The largest absolute Gasteiger partial charge is 0.465 e. The summed E-state index contributed by atoms with van der Waals surface area (Å²) in [6.45, 7) is 0.0156. The first-order valence-electron chi connectivity index (χ1n) is 8.12. The molecule has 1 aromatic heterocycles.